The van der Waals surface area contributed by atoms with Gasteiger partial charge in [-0.25, -0.2) is 15.0 Å². The van der Waals surface area contributed by atoms with Crippen LogP contribution in [0, 0.1) is 5.92 Å². The Hall–Kier alpha value is -3.18. The molecule has 216 valence electrons. The van der Waals surface area contributed by atoms with Gasteiger partial charge in [0.2, 0.25) is 5.95 Å². The summed E-state index contributed by atoms with van der Waals surface area (Å²) in [6.07, 6.45) is 5.64. The average Bonchev–Trinajstić information content (AvgIpc) is 2.97. The van der Waals surface area contributed by atoms with E-state index in [0.717, 1.165) is 18.2 Å². The molecule has 4 atom stereocenters. The first-order valence-corrected chi connectivity index (χ1v) is 14.3. The highest BCUT2D eigenvalue weighted by molar-refractivity contribution is 6.41. The van der Waals surface area contributed by atoms with E-state index in [1.165, 1.54) is 20.3 Å². The van der Waals surface area contributed by atoms with Crippen molar-refractivity contribution in [2.45, 2.75) is 37.5 Å². The predicted molar refractivity (Wildman–Crippen MR) is 158 cm³/mol. The molecule has 1 aromatic carbocycles. The van der Waals surface area contributed by atoms with E-state index in [9.17, 15) is 4.79 Å². The zero-order valence-electron chi connectivity index (χ0n) is 22.9. The molecule has 2 unspecified atom stereocenters. The zero-order chi connectivity index (χ0) is 28.7. The predicted octanol–water partition coefficient (Wildman–Crippen LogP) is 4.96. The van der Waals surface area contributed by atoms with Crippen molar-refractivity contribution < 1.29 is 23.7 Å². The summed E-state index contributed by atoms with van der Waals surface area (Å²) in [5.41, 5.74) is 1.74. The van der Waals surface area contributed by atoms with E-state index in [1.54, 1.807) is 12.3 Å². The van der Waals surface area contributed by atoms with Crippen LogP contribution in [0.1, 0.15) is 19.3 Å². The number of pyridine rings is 1. The van der Waals surface area contributed by atoms with Gasteiger partial charge >= 0.3 is 0 Å². The molecular weight excluding hydrogens is 569 g/mol. The minimum absolute atomic E-state index is 0.0134. The van der Waals surface area contributed by atoms with Gasteiger partial charge < -0.3 is 29.2 Å². The van der Waals surface area contributed by atoms with Crippen molar-refractivity contribution in [3.63, 3.8) is 0 Å². The summed E-state index contributed by atoms with van der Waals surface area (Å²) in [7, 11) is 3.07. The number of hydrogen-bond acceptors (Lipinski definition) is 10. The Morgan fingerprint density at radius 2 is 1.88 bits per heavy atom. The Morgan fingerprint density at radius 3 is 2.54 bits per heavy atom. The number of morpholine rings is 1. The Bertz CT molecular complexity index is 1460. The fraction of sp³-hybridized carbons (Fsp3) is 0.448. The topological polar surface area (TPSA) is 108 Å². The molecule has 10 nitrogen and oxygen atoms in total. The molecule has 4 aliphatic rings. The van der Waals surface area contributed by atoms with E-state index in [1.807, 2.05) is 6.07 Å². The van der Waals surface area contributed by atoms with E-state index in [4.69, 9.17) is 52.1 Å². The number of fused-ring (bicyclic) bond motifs is 3. The van der Waals surface area contributed by atoms with Crippen molar-refractivity contribution >= 4 is 51.7 Å². The number of ether oxygens (including phenoxy) is 4. The maximum atomic E-state index is 12.1. The van der Waals surface area contributed by atoms with Crippen LogP contribution in [0.2, 0.25) is 10.0 Å². The number of allylic oxidation sites excluding steroid dienone is 1. The molecule has 4 saturated heterocycles. The molecule has 2 bridgehead atoms. The second-order valence-electron chi connectivity index (χ2n) is 10.5. The smallest absolute Gasteiger partial charge is 0.223 e. The highest BCUT2D eigenvalue weighted by Gasteiger charge is 2.39. The molecule has 4 fully saturated rings. The summed E-state index contributed by atoms with van der Waals surface area (Å²) in [5, 5.41) is 4.84. The van der Waals surface area contributed by atoms with Gasteiger partial charge in [-0.15, -0.1) is 0 Å². The van der Waals surface area contributed by atoms with E-state index in [2.05, 4.69) is 21.8 Å². The SMILES string of the molecule is C=CC(=O)C[C@H]1CCOC[C@H]1Nc1ncc2cc(-c3c(Cl)c(OC)cc(OC)c3Cl)nc(N3CC4CC(C3)O4)c2n1. The number of carbonyl (C=O) groups excluding carboxylic acids is 1. The van der Waals surface area contributed by atoms with Crippen molar-refractivity contribution in [3.8, 4) is 22.8 Å². The average molecular weight is 601 g/mol. The number of aromatic nitrogens is 3. The Labute approximate surface area is 247 Å². The van der Waals surface area contributed by atoms with E-state index in [-0.39, 0.29) is 30.0 Å². The third-order valence-corrected chi connectivity index (χ3v) is 8.69. The molecule has 7 rings (SSSR count). The lowest BCUT2D eigenvalue weighted by atomic mass is 9.90. The summed E-state index contributed by atoms with van der Waals surface area (Å²) in [4.78, 5) is 28.9. The molecular formula is C29H31Cl2N5O5. The number of methoxy groups -OCH3 is 2. The second kappa shape index (κ2) is 11.6. The van der Waals surface area contributed by atoms with Crippen molar-refractivity contribution in [2.24, 2.45) is 5.92 Å². The lowest BCUT2D eigenvalue weighted by Crippen LogP contribution is -2.57. The van der Waals surface area contributed by atoms with Gasteiger partial charge in [-0.1, -0.05) is 29.8 Å². The third kappa shape index (κ3) is 5.41. The standard InChI is InChI=1S/C29H31Cl2N5O5/c1-4-17(37)7-15-5-6-40-14-21(15)34-29-32-11-16-8-20(24-25(30)22(38-2)10-23(39-3)26(24)31)33-28(27(16)35-29)36-12-18-9-19(13-36)41-18/h4,8,10-11,15,18-19,21H,1,5-7,9,12-14H2,2-3H3,(H,32,34,35)/t15-,18?,19?,21-/m1/s1. The minimum Gasteiger partial charge on any atom is -0.495 e. The number of benzene rings is 1. The molecule has 12 heteroatoms. The van der Waals surface area contributed by atoms with Crippen LogP contribution >= 0.6 is 23.2 Å². The van der Waals surface area contributed by atoms with Crippen molar-refractivity contribution in [2.75, 3.05) is 50.7 Å². The summed E-state index contributed by atoms with van der Waals surface area (Å²) < 4.78 is 22.6. The molecule has 2 aromatic heterocycles. The molecule has 41 heavy (non-hydrogen) atoms. The van der Waals surface area contributed by atoms with Crippen LogP contribution in [0.15, 0.2) is 31.0 Å². The van der Waals surface area contributed by atoms with E-state index in [0.29, 0.717) is 82.8 Å². The largest absolute Gasteiger partial charge is 0.495 e. The Balaban J connectivity index is 1.43. The van der Waals surface area contributed by atoms with Gasteiger partial charge in [-0.05, 0) is 24.5 Å². The van der Waals surface area contributed by atoms with Gasteiger partial charge in [0.05, 0.1) is 54.8 Å². The summed E-state index contributed by atoms with van der Waals surface area (Å²) in [6, 6.07) is 3.40. The molecule has 0 saturated carbocycles. The highest BCUT2D eigenvalue weighted by Crippen LogP contribution is 2.46. The molecule has 0 aliphatic carbocycles. The van der Waals surface area contributed by atoms with Crippen LogP contribution in [-0.4, -0.2) is 79.5 Å². The number of halogens is 2. The number of ketones is 1. The number of anilines is 2. The highest BCUT2D eigenvalue weighted by atomic mass is 35.5. The van der Waals surface area contributed by atoms with E-state index < -0.39 is 0 Å². The minimum atomic E-state index is -0.112. The fourth-order valence-electron chi connectivity index (χ4n) is 5.77. The Morgan fingerprint density at radius 1 is 1.17 bits per heavy atom. The van der Waals surface area contributed by atoms with Crippen molar-refractivity contribution in [1.82, 2.24) is 15.0 Å². The first-order chi connectivity index (χ1) is 19.9. The first-order valence-electron chi connectivity index (χ1n) is 13.6. The maximum absolute atomic E-state index is 12.1. The third-order valence-electron chi connectivity index (χ3n) is 7.94. The fourth-order valence-corrected chi connectivity index (χ4v) is 6.47. The lowest BCUT2D eigenvalue weighted by molar-refractivity contribution is -0.133. The second-order valence-corrected chi connectivity index (χ2v) is 11.3. The van der Waals surface area contributed by atoms with Gasteiger partial charge in [-0.2, -0.15) is 0 Å². The number of rotatable bonds is 9. The van der Waals surface area contributed by atoms with Gasteiger partial charge in [0.25, 0.3) is 0 Å². The summed E-state index contributed by atoms with van der Waals surface area (Å²) >= 11 is 13.5. The Kier molecular flexibility index (Phi) is 7.91. The van der Waals surface area contributed by atoms with Crippen molar-refractivity contribution in [1.29, 1.82) is 0 Å². The van der Waals surface area contributed by atoms with Crippen LogP contribution in [0.4, 0.5) is 11.8 Å². The zero-order valence-corrected chi connectivity index (χ0v) is 24.4. The van der Waals surface area contributed by atoms with Crippen LogP contribution < -0.4 is 19.7 Å². The number of carbonyl (C=O) groups is 1. The monoisotopic (exact) mass is 599 g/mol. The quantitative estimate of drug-likeness (QED) is 0.339. The number of nitrogens with zero attached hydrogens (tertiary/aromatic N) is 4. The normalized spacial score (nSPS) is 23.6. The molecule has 3 aromatic rings. The van der Waals surface area contributed by atoms with E-state index >= 15 is 0 Å². The molecule has 4 aliphatic heterocycles. The molecule has 0 spiro atoms. The van der Waals surface area contributed by atoms with Crippen LogP contribution in [0.3, 0.4) is 0 Å². The molecule has 0 radical (unpaired) electrons. The van der Waals surface area contributed by atoms with Crippen LogP contribution in [-0.2, 0) is 14.3 Å². The van der Waals surface area contributed by atoms with Crippen LogP contribution in [0.5, 0.6) is 11.5 Å². The van der Waals surface area contributed by atoms with Gasteiger partial charge in [0, 0.05) is 55.8 Å². The molecule has 6 heterocycles. The van der Waals surface area contributed by atoms with Gasteiger partial charge in [0.1, 0.15) is 17.0 Å². The maximum Gasteiger partial charge on any atom is 0.223 e. The molecule has 0 amide bonds. The van der Waals surface area contributed by atoms with Crippen molar-refractivity contribution in [3.05, 3.63) is 41.0 Å². The number of piperidine rings is 1. The van der Waals surface area contributed by atoms with Gasteiger partial charge in [0.15, 0.2) is 11.6 Å². The number of hydrogen-bond donors (Lipinski definition) is 1. The van der Waals surface area contributed by atoms with Gasteiger partial charge in [-0.3, -0.25) is 4.79 Å². The lowest BCUT2D eigenvalue weighted by Gasteiger charge is -2.47. The summed E-state index contributed by atoms with van der Waals surface area (Å²) in [6.45, 7) is 6.08. The van der Waals surface area contributed by atoms with Crippen LogP contribution in [0.25, 0.3) is 22.2 Å². The molecule has 1 N–H and O–H groups in total. The first kappa shape index (κ1) is 28.0. The number of nitrogens with one attached hydrogen (secondary N) is 1. The summed E-state index contributed by atoms with van der Waals surface area (Å²) in [5.74, 6) is 2.08.